The van der Waals surface area contributed by atoms with Gasteiger partial charge in [0.25, 0.3) is 0 Å². The molecule has 0 N–H and O–H groups in total. The van der Waals surface area contributed by atoms with Crippen LogP contribution in [0.4, 0.5) is 5.82 Å². The summed E-state index contributed by atoms with van der Waals surface area (Å²) in [5.74, 6) is 3.47. The highest BCUT2D eigenvalue weighted by atomic mass is 35.5. The van der Waals surface area contributed by atoms with Crippen molar-refractivity contribution in [3.63, 3.8) is 0 Å². The number of para-hydroxylation sites is 1. The van der Waals surface area contributed by atoms with Gasteiger partial charge in [-0.1, -0.05) is 23.7 Å². The predicted octanol–water partition coefficient (Wildman–Crippen LogP) is 3.45. The van der Waals surface area contributed by atoms with E-state index in [2.05, 4.69) is 20.9 Å². The Morgan fingerprint density at radius 3 is 2.83 bits per heavy atom. The smallest absolute Gasteiger partial charge is 0.164 e. The number of anilines is 1. The fraction of sp³-hybridized carbons (Fsp3) is 0.412. The van der Waals surface area contributed by atoms with Gasteiger partial charge in [0.15, 0.2) is 17.3 Å². The summed E-state index contributed by atoms with van der Waals surface area (Å²) in [7, 11) is 3.34. The highest BCUT2D eigenvalue weighted by Gasteiger charge is 2.29. The van der Waals surface area contributed by atoms with Gasteiger partial charge in [0.2, 0.25) is 0 Å². The van der Waals surface area contributed by atoms with Crippen LogP contribution < -0.4 is 14.4 Å². The SMILES string of the molecule is COc1cccc(C2CCN(c3nc(C)ncc3Cl)C2)c1OC. The number of halogens is 1. The van der Waals surface area contributed by atoms with E-state index >= 15 is 0 Å². The first kappa shape index (κ1) is 15.9. The highest BCUT2D eigenvalue weighted by Crippen LogP contribution is 2.40. The third kappa shape index (κ3) is 3.06. The van der Waals surface area contributed by atoms with E-state index in [9.17, 15) is 0 Å². The predicted molar refractivity (Wildman–Crippen MR) is 90.9 cm³/mol. The summed E-state index contributed by atoms with van der Waals surface area (Å²) in [5, 5.41) is 0.592. The number of methoxy groups -OCH3 is 2. The average Bonchev–Trinajstić information content (AvgIpc) is 3.05. The molecule has 1 atom stereocenters. The van der Waals surface area contributed by atoms with Crippen LogP contribution in [0.15, 0.2) is 24.4 Å². The molecule has 0 radical (unpaired) electrons. The number of hydrogen-bond donors (Lipinski definition) is 0. The molecule has 1 aliphatic heterocycles. The third-order valence-corrected chi connectivity index (χ3v) is 4.47. The maximum absolute atomic E-state index is 6.26. The number of hydrogen-bond acceptors (Lipinski definition) is 5. The van der Waals surface area contributed by atoms with Crippen molar-refractivity contribution in [3.8, 4) is 11.5 Å². The summed E-state index contributed by atoms with van der Waals surface area (Å²) in [4.78, 5) is 10.8. The van der Waals surface area contributed by atoms with E-state index < -0.39 is 0 Å². The summed E-state index contributed by atoms with van der Waals surface area (Å²) in [6.45, 7) is 3.62. The molecule has 1 unspecified atom stereocenters. The number of nitrogens with zero attached hydrogens (tertiary/aromatic N) is 3. The van der Waals surface area contributed by atoms with Gasteiger partial charge in [0.1, 0.15) is 10.8 Å². The second kappa shape index (κ2) is 6.62. The van der Waals surface area contributed by atoms with Crippen molar-refractivity contribution < 1.29 is 9.47 Å². The van der Waals surface area contributed by atoms with Gasteiger partial charge in [0.05, 0.1) is 20.4 Å². The Balaban J connectivity index is 1.87. The van der Waals surface area contributed by atoms with Crippen LogP contribution in [0.3, 0.4) is 0 Å². The van der Waals surface area contributed by atoms with Crippen LogP contribution in [0.2, 0.25) is 5.02 Å². The lowest BCUT2D eigenvalue weighted by Crippen LogP contribution is -2.21. The number of ether oxygens (including phenoxy) is 2. The van der Waals surface area contributed by atoms with E-state index in [1.54, 1.807) is 20.4 Å². The van der Waals surface area contributed by atoms with Crippen molar-refractivity contribution >= 4 is 17.4 Å². The first-order valence-corrected chi connectivity index (χ1v) is 7.96. The number of rotatable bonds is 4. The zero-order chi connectivity index (χ0) is 16.4. The lowest BCUT2D eigenvalue weighted by Gasteiger charge is -2.20. The van der Waals surface area contributed by atoms with Crippen LogP contribution in [0.25, 0.3) is 0 Å². The zero-order valence-corrected chi connectivity index (χ0v) is 14.3. The molecule has 0 aliphatic carbocycles. The molecule has 1 aromatic carbocycles. The Bertz CT molecular complexity index is 708. The van der Waals surface area contributed by atoms with Crippen molar-refractivity contribution in [2.45, 2.75) is 19.3 Å². The van der Waals surface area contributed by atoms with Crippen LogP contribution in [0.1, 0.15) is 23.7 Å². The van der Waals surface area contributed by atoms with Crippen molar-refractivity contribution in [1.29, 1.82) is 0 Å². The van der Waals surface area contributed by atoms with E-state index in [0.717, 1.165) is 48.2 Å². The molecule has 3 rings (SSSR count). The largest absolute Gasteiger partial charge is 0.493 e. The Morgan fingerprint density at radius 1 is 1.26 bits per heavy atom. The molecule has 1 aliphatic rings. The maximum atomic E-state index is 6.26. The van der Waals surface area contributed by atoms with E-state index in [1.807, 2.05) is 19.1 Å². The van der Waals surface area contributed by atoms with Gasteiger partial charge < -0.3 is 14.4 Å². The third-order valence-electron chi connectivity index (χ3n) is 4.21. The van der Waals surface area contributed by atoms with Gasteiger partial charge in [-0.2, -0.15) is 0 Å². The molecule has 6 heteroatoms. The average molecular weight is 334 g/mol. The molecule has 1 fully saturated rings. The van der Waals surface area contributed by atoms with E-state index in [1.165, 1.54) is 0 Å². The van der Waals surface area contributed by atoms with Gasteiger partial charge in [-0.05, 0) is 19.4 Å². The molecule has 0 saturated carbocycles. The Hall–Kier alpha value is -2.01. The fourth-order valence-electron chi connectivity index (χ4n) is 3.11. The lowest BCUT2D eigenvalue weighted by molar-refractivity contribution is 0.350. The van der Waals surface area contributed by atoms with Gasteiger partial charge in [0, 0.05) is 24.6 Å². The normalized spacial score (nSPS) is 17.4. The molecule has 0 amide bonds. The molecule has 2 aromatic rings. The molecule has 5 nitrogen and oxygen atoms in total. The number of aryl methyl sites for hydroxylation is 1. The summed E-state index contributed by atoms with van der Waals surface area (Å²) in [5.41, 5.74) is 1.16. The molecule has 122 valence electrons. The van der Waals surface area contributed by atoms with Gasteiger partial charge in [-0.15, -0.1) is 0 Å². The second-order valence-electron chi connectivity index (χ2n) is 5.60. The maximum Gasteiger partial charge on any atom is 0.164 e. The van der Waals surface area contributed by atoms with E-state index in [4.69, 9.17) is 21.1 Å². The lowest BCUT2D eigenvalue weighted by atomic mass is 9.97. The molecule has 23 heavy (non-hydrogen) atoms. The Labute approximate surface area is 141 Å². The van der Waals surface area contributed by atoms with E-state index in [0.29, 0.717) is 10.9 Å². The van der Waals surface area contributed by atoms with Crippen LogP contribution in [-0.4, -0.2) is 37.3 Å². The van der Waals surface area contributed by atoms with Crippen LogP contribution in [0.5, 0.6) is 11.5 Å². The Morgan fingerprint density at radius 2 is 2.09 bits per heavy atom. The minimum atomic E-state index is 0.353. The standard InChI is InChI=1S/C17H20ClN3O2/c1-11-19-9-14(18)17(20-11)21-8-7-12(10-21)13-5-4-6-15(22-2)16(13)23-3/h4-6,9,12H,7-8,10H2,1-3H3. The minimum Gasteiger partial charge on any atom is -0.493 e. The first-order valence-electron chi connectivity index (χ1n) is 7.59. The van der Waals surface area contributed by atoms with Crippen molar-refractivity contribution in [1.82, 2.24) is 9.97 Å². The van der Waals surface area contributed by atoms with Crippen LogP contribution in [0, 0.1) is 6.92 Å². The monoisotopic (exact) mass is 333 g/mol. The first-order chi connectivity index (χ1) is 11.1. The van der Waals surface area contributed by atoms with Crippen molar-refractivity contribution in [3.05, 3.63) is 40.8 Å². The molecule has 0 spiro atoms. The van der Waals surface area contributed by atoms with Crippen LogP contribution in [-0.2, 0) is 0 Å². The number of benzene rings is 1. The quantitative estimate of drug-likeness (QED) is 0.857. The van der Waals surface area contributed by atoms with Crippen molar-refractivity contribution in [2.24, 2.45) is 0 Å². The second-order valence-corrected chi connectivity index (χ2v) is 6.01. The van der Waals surface area contributed by atoms with Gasteiger partial charge in [-0.3, -0.25) is 0 Å². The molecule has 2 heterocycles. The molecule has 1 saturated heterocycles. The highest BCUT2D eigenvalue weighted by molar-refractivity contribution is 6.32. The number of aromatic nitrogens is 2. The molecule has 1 aromatic heterocycles. The van der Waals surface area contributed by atoms with Gasteiger partial charge >= 0.3 is 0 Å². The molecular formula is C17H20ClN3O2. The molecular weight excluding hydrogens is 314 g/mol. The minimum absolute atomic E-state index is 0.353. The summed E-state index contributed by atoms with van der Waals surface area (Å²) >= 11 is 6.26. The summed E-state index contributed by atoms with van der Waals surface area (Å²) < 4.78 is 11.0. The van der Waals surface area contributed by atoms with Crippen LogP contribution >= 0.6 is 11.6 Å². The zero-order valence-electron chi connectivity index (χ0n) is 13.5. The van der Waals surface area contributed by atoms with Gasteiger partial charge in [-0.25, -0.2) is 9.97 Å². The molecule has 0 bridgehead atoms. The summed E-state index contributed by atoms with van der Waals surface area (Å²) in [6, 6.07) is 6.02. The fourth-order valence-corrected chi connectivity index (χ4v) is 3.32. The topological polar surface area (TPSA) is 47.5 Å². The van der Waals surface area contributed by atoms with Crippen molar-refractivity contribution in [2.75, 3.05) is 32.2 Å². The summed E-state index contributed by atoms with van der Waals surface area (Å²) in [6.07, 6.45) is 2.68. The Kier molecular flexibility index (Phi) is 4.57. The van der Waals surface area contributed by atoms with E-state index in [-0.39, 0.29) is 0 Å².